The van der Waals surface area contributed by atoms with Crippen LogP contribution in [0.1, 0.15) is 16.8 Å². The molecule has 1 rings (SSSR count). The third kappa shape index (κ3) is 3.38. The van der Waals surface area contributed by atoms with Gasteiger partial charge >= 0.3 is 5.97 Å². The molecular weight excluding hydrogens is 234 g/mol. The summed E-state index contributed by atoms with van der Waals surface area (Å²) in [6.45, 7) is 0.439. The summed E-state index contributed by atoms with van der Waals surface area (Å²) >= 11 is 0. The van der Waals surface area contributed by atoms with E-state index in [0.29, 0.717) is 29.9 Å². The first kappa shape index (κ1) is 13.8. The maximum atomic E-state index is 11.4. The molecule has 0 bridgehead atoms. The van der Waals surface area contributed by atoms with E-state index in [9.17, 15) is 9.59 Å². The summed E-state index contributed by atoms with van der Waals surface area (Å²) < 4.78 is 4.62. The fourth-order valence-electron chi connectivity index (χ4n) is 1.44. The smallest absolute Gasteiger partial charge is 0.340 e. The number of hydrogen-bond donors (Lipinski definition) is 3. The first-order valence-corrected chi connectivity index (χ1v) is 5.51. The fraction of sp³-hybridized carbons (Fsp3) is 0.333. The first-order chi connectivity index (χ1) is 8.60. The Morgan fingerprint density at radius 1 is 1.39 bits per heavy atom. The van der Waals surface area contributed by atoms with Crippen LogP contribution in [-0.4, -0.2) is 32.6 Å². The predicted molar refractivity (Wildman–Crippen MR) is 69.4 cm³/mol. The van der Waals surface area contributed by atoms with Crippen molar-refractivity contribution in [2.45, 2.75) is 6.42 Å². The summed E-state index contributed by atoms with van der Waals surface area (Å²) in [4.78, 5) is 22.5. The maximum Gasteiger partial charge on any atom is 0.340 e. The second kappa shape index (κ2) is 6.48. The Kier molecular flexibility index (Phi) is 4.98. The molecule has 18 heavy (non-hydrogen) atoms. The largest absolute Gasteiger partial charge is 0.465 e. The number of nitrogens with two attached hydrogens (primary N) is 1. The lowest BCUT2D eigenvalue weighted by Gasteiger charge is -2.11. The van der Waals surface area contributed by atoms with E-state index >= 15 is 0 Å². The van der Waals surface area contributed by atoms with Gasteiger partial charge in [0.15, 0.2) is 0 Å². The third-order valence-electron chi connectivity index (χ3n) is 2.46. The lowest BCUT2D eigenvalue weighted by molar-refractivity contribution is -0.120. The van der Waals surface area contributed by atoms with Crippen molar-refractivity contribution in [3.05, 3.63) is 23.8 Å². The monoisotopic (exact) mass is 251 g/mol. The van der Waals surface area contributed by atoms with Crippen molar-refractivity contribution >= 4 is 23.3 Å². The van der Waals surface area contributed by atoms with Crippen molar-refractivity contribution in [3.63, 3.8) is 0 Å². The van der Waals surface area contributed by atoms with Gasteiger partial charge in [0, 0.05) is 20.0 Å². The molecule has 1 amide bonds. The van der Waals surface area contributed by atoms with Gasteiger partial charge in [-0.05, 0) is 12.1 Å². The topological polar surface area (TPSA) is 93.5 Å². The Hall–Kier alpha value is -2.24. The maximum absolute atomic E-state index is 11.4. The van der Waals surface area contributed by atoms with E-state index in [0.717, 1.165) is 0 Å². The molecule has 0 aliphatic carbocycles. The number of carbonyl (C=O) groups excluding carboxylic acids is 2. The molecule has 1 aromatic carbocycles. The Morgan fingerprint density at radius 2 is 2.11 bits per heavy atom. The van der Waals surface area contributed by atoms with Crippen molar-refractivity contribution in [3.8, 4) is 0 Å². The van der Waals surface area contributed by atoms with E-state index in [1.54, 1.807) is 25.2 Å². The Morgan fingerprint density at radius 3 is 2.72 bits per heavy atom. The summed E-state index contributed by atoms with van der Waals surface area (Å²) in [5.74, 6) is -0.548. The molecule has 1 aromatic rings. The van der Waals surface area contributed by atoms with E-state index < -0.39 is 5.97 Å². The van der Waals surface area contributed by atoms with Gasteiger partial charge in [0.1, 0.15) is 0 Å². The molecular formula is C12H17N3O3. The Labute approximate surface area is 105 Å². The average molecular weight is 251 g/mol. The zero-order chi connectivity index (χ0) is 13.5. The molecule has 0 aliphatic heterocycles. The number of anilines is 2. The molecule has 0 heterocycles. The van der Waals surface area contributed by atoms with E-state index in [4.69, 9.17) is 5.73 Å². The van der Waals surface area contributed by atoms with Crippen molar-refractivity contribution in [1.82, 2.24) is 5.32 Å². The molecule has 0 saturated carbocycles. The van der Waals surface area contributed by atoms with Crippen LogP contribution in [0, 0.1) is 0 Å². The van der Waals surface area contributed by atoms with E-state index in [1.165, 1.54) is 7.11 Å². The summed E-state index contributed by atoms with van der Waals surface area (Å²) in [6.07, 6.45) is 0.332. The first-order valence-electron chi connectivity index (χ1n) is 5.51. The van der Waals surface area contributed by atoms with Gasteiger partial charge in [0.25, 0.3) is 0 Å². The average Bonchev–Trinajstić information content (AvgIpc) is 2.39. The minimum Gasteiger partial charge on any atom is -0.465 e. The highest BCUT2D eigenvalue weighted by Crippen LogP contribution is 2.23. The van der Waals surface area contributed by atoms with Crippen LogP contribution < -0.4 is 16.4 Å². The molecule has 0 aromatic heterocycles. The van der Waals surface area contributed by atoms with Crippen LogP contribution in [0.15, 0.2) is 18.2 Å². The molecule has 98 valence electrons. The molecule has 0 saturated heterocycles. The number of esters is 1. The number of carbonyl (C=O) groups is 2. The number of nitrogens with one attached hydrogen (secondary N) is 2. The highest BCUT2D eigenvalue weighted by molar-refractivity contribution is 5.98. The second-order valence-electron chi connectivity index (χ2n) is 3.61. The van der Waals surface area contributed by atoms with Gasteiger partial charge in [-0.1, -0.05) is 6.07 Å². The highest BCUT2D eigenvalue weighted by atomic mass is 16.5. The summed E-state index contributed by atoms with van der Waals surface area (Å²) in [7, 11) is 2.88. The van der Waals surface area contributed by atoms with Gasteiger partial charge in [0.05, 0.1) is 24.0 Å². The van der Waals surface area contributed by atoms with Gasteiger partial charge in [-0.25, -0.2) is 4.79 Å². The van der Waals surface area contributed by atoms with Crippen molar-refractivity contribution in [2.24, 2.45) is 0 Å². The van der Waals surface area contributed by atoms with Gasteiger partial charge < -0.3 is 21.1 Å². The molecule has 0 aliphatic rings. The van der Waals surface area contributed by atoms with Gasteiger partial charge in [-0.2, -0.15) is 0 Å². The van der Waals surface area contributed by atoms with Gasteiger partial charge in [0.2, 0.25) is 5.91 Å². The zero-order valence-corrected chi connectivity index (χ0v) is 10.4. The minimum atomic E-state index is -0.484. The number of rotatable bonds is 5. The SMILES string of the molecule is CNC(=O)CCNc1cccc(C(=O)OC)c1N. The summed E-state index contributed by atoms with van der Waals surface area (Å²) in [5, 5.41) is 5.52. The number of nitrogen functional groups attached to an aromatic ring is 1. The minimum absolute atomic E-state index is 0.0646. The number of hydrogen-bond acceptors (Lipinski definition) is 5. The molecule has 0 unspecified atom stereocenters. The molecule has 0 fully saturated rings. The Bertz CT molecular complexity index is 446. The van der Waals surface area contributed by atoms with Crippen LogP contribution in [0.25, 0.3) is 0 Å². The van der Waals surface area contributed by atoms with Crippen molar-refractivity contribution < 1.29 is 14.3 Å². The number of para-hydroxylation sites is 1. The standard InChI is InChI=1S/C12H17N3O3/c1-14-10(16)6-7-15-9-5-3-4-8(11(9)13)12(17)18-2/h3-5,15H,6-7,13H2,1-2H3,(H,14,16). The molecule has 0 radical (unpaired) electrons. The zero-order valence-electron chi connectivity index (χ0n) is 10.4. The van der Waals surface area contributed by atoms with E-state index in [2.05, 4.69) is 15.4 Å². The van der Waals surface area contributed by atoms with Crippen LogP contribution in [0.3, 0.4) is 0 Å². The third-order valence-corrected chi connectivity index (χ3v) is 2.46. The van der Waals surface area contributed by atoms with E-state index in [1.807, 2.05) is 0 Å². The van der Waals surface area contributed by atoms with Crippen LogP contribution in [0.5, 0.6) is 0 Å². The second-order valence-corrected chi connectivity index (χ2v) is 3.61. The van der Waals surface area contributed by atoms with Crippen LogP contribution in [-0.2, 0) is 9.53 Å². The van der Waals surface area contributed by atoms with Crippen molar-refractivity contribution in [1.29, 1.82) is 0 Å². The molecule has 0 spiro atoms. The van der Waals surface area contributed by atoms with Gasteiger partial charge in [-0.3, -0.25) is 4.79 Å². The van der Waals surface area contributed by atoms with Crippen molar-refractivity contribution in [2.75, 3.05) is 31.8 Å². The molecule has 6 nitrogen and oxygen atoms in total. The fourth-order valence-corrected chi connectivity index (χ4v) is 1.44. The quantitative estimate of drug-likeness (QED) is 0.526. The van der Waals surface area contributed by atoms with Crippen LogP contribution in [0.2, 0.25) is 0 Å². The molecule has 0 atom stereocenters. The van der Waals surface area contributed by atoms with Crippen LogP contribution >= 0.6 is 0 Å². The predicted octanol–water partition coefficient (Wildman–Crippen LogP) is 0.603. The van der Waals surface area contributed by atoms with E-state index in [-0.39, 0.29) is 5.91 Å². The van der Waals surface area contributed by atoms with Gasteiger partial charge in [-0.15, -0.1) is 0 Å². The highest BCUT2D eigenvalue weighted by Gasteiger charge is 2.12. The molecule has 6 heteroatoms. The number of ether oxygens (including phenoxy) is 1. The number of benzene rings is 1. The number of amides is 1. The normalized spacial score (nSPS) is 9.67. The lowest BCUT2D eigenvalue weighted by Crippen LogP contribution is -2.21. The summed E-state index contributed by atoms with van der Waals surface area (Å²) in [5.41, 5.74) is 7.09. The summed E-state index contributed by atoms with van der Waals surface area (Å²) in [6, 6.07) is 5.03. The number of methoxy groups -OCH3 is 1. The Balaban J connectivity index is 2.72. The lowest BCUT2D eigenvalue weighted by atomic mass is 10.1. The van der Waals surface area contributed by atoms with Crippen LogP contribution in [0.4, 0.5) is 11.4 Å². The molecule has 4 N–H and O–H groups in total.